The average molecular weight is 397 g/mol. The lowest BCUT2D eigenvalue weighted by atomic mass is 10.2. The summed E-state index contributed by atoms with van der Waals surface area (Å²) in [7, 11) is 0. The molecule has 1 aromatic carbocycles. The van der Waals surface area contributed by atoms with Gasteiger partial charge in [0.05, 0.1) is 26.1 Å². The first-order valence-electron chi connectivity index (χ1n) is 9.68. The quantitative estimate of drug-likeness (QED) is 0.617. The number of aryl methyl sites for hydroxylation is 1. The number of amides is 1. The van der Waals surface area contributed by atoms with Gasteiger partial charge in [0.2, 0.25) is 5.91 Å². The molecule has 0 spiro atoms. The number of hydrogen-bond donors (Lipinski definition) is 0. The molecule has 152 valence electrons. The zero-order valence-corrected chi connectivity index (χ0v) is 16.3. The molecule has 0 unspecified atom stereocenters. The summed E-state index contributed by atoms with van der Waals surface area (Å²) in [4.78, 5) is 45.0. The van der Waals surface area contributed by atoms with Gasteiger partial charge in [-0.05, 0) is 12.5 Å². The summed E-state index contributed by atoms with van der Waals surface area (Å²) in [5, 5.41) is 0. The molecule has 4 rings (SSSR count). The number of carbonyl (C=O) groups is 1. The Kier molecular flexibility index (Phi) is 5.30. The van der Waals surface area contributed by atoms with Crippen molar-refractivity contribution in [1.29, 1.82) is 0 Å². The third kappa shape index (κ3) is 3.61. The molecule has 3 aromatic rings. The summed E-state index contributed by atoms with van der Waals surface area (Å²) in [5.74, 6) is -0.263. The van der Waals surface area contributed by atoms with Crippen LogP contribution < -0.4 is 11.2 Å². The topological polar surface area (TPSA) is 91.4 Å². The van der Waals surface area contributed by atoms with Crippen LogP contribution in [0.1, 0.15) is 12.5 Å². The predicted molar refractivity (Wildman–Crippen MR) is 107 cm³/mol. The molecule has 2 aromatic heterocycles. The Morgan fingerprint density at radius 3 is 2.52 bits per heavy atom. The fraction of sp³-hybridized carbons (Fsp3) is 0.400. The van der Waals surface area contributed by atoms with Crippen molar-refractivity contribution < 1.29 is 9.53 Å². The van der Waals surface area contributed by atoms with Crippen molar-refractivity contribution in [3.63, 3.8) is 0 Å². The van der Waals surface area contributed by atoms with Crippen LogP contribution in [-0.4, -0.2) is 55.8 Å². The van der Waals surface area contributed by atoms with E-state index >= 15 is 0 Å². The van der Waals surface area contributed by atoms with E-state index in [0.717, 1.165) is 10.1 Å². The first kappa shape index (κ1) is 19.1. The Labute approximate surface area is 166 Å². The molecule has 1 saturated heterocycles. The lowest BCUT2D eigenvalue weighted by Gasteiger charge is -2.27. The lowest BCUT2D eigenvalue weighted by molar-refractivity contribution is -0.136. The molecule has 9 nitrogen and oxygen atoms in total. The average Bonchev–Trinajstić information content (AvgIpc) is 3.19. The number of aromatic nitrogens is 4. The van der Waals surface area contributed by atoms with E-state index in [4.69, 9.17) is 4.74 Å². The summed E-state index contributed by atoms with van der Waals surface area (Å²) >= 11 is 0. The largest absolute Gasteiger partial charge is 0.378 e. The number of hydrogen-bond acceptors (Lipinski definition) is 5. The molecule has 0 bridgehead atoms. The van der Waals surface area contributed by atoms with E-state index in [2.05, 4.69) is 4.98 Å². The maximum Gasteiger partial charge on any atom is 0.333 e. The van der Waals surface area contributed by atoms with Gasteiger partial charge in [0.25, 0.3) is 5.56 Å². The van der Waals surface area contributed by atoms with E-state index in [-0.39, 0.29) is 19.0 Å². The highest BCUT2D eigenvalue weighted by Gasteiger charge is 2.22. The number of benzene rings is 1. The number of fused-ring (bicyclic) bond motifs is 1. The van der Waals surface area contributed by atoms with Gasteiger partial charge in [0, 0.05) is 19.6 Å². The molecule has 9 heteroatoms. The van der Waals surface area contributed by atoms with Crippen molar-refractivity contribution >= 4 is 17.1 Å². The van der Waals surface area contributed by atoms with Crippen LogP contribution in [-0.2, 0) is 29.2 Å². The van der Waals surface area contributed by atoms with Crippen LogP contribution in [0, 0.1) is 0 Å². The molecule has 0 N–H and O–H groups in total. The Bertz CT molecular complexity index is 1140. The highest BCUT2D eigenvalue weighted by Crippen LogP contribution is 2.10. The highest BCUT2D eigenvalue weighted by atomic mass is 16.5. The van der Waals surface area contributed by atoms with Crippen LogP contribution in [0.4, 0.5) is 0 Å². The van der Waals surface area contributed by atoms with Crippen LogP contribution in [0.5, 0.6) is 0 Å². The van der Waals surface area contributed by atoms with Crippen molar-refractivity contribution in [2.75, 3.05) is 26.3 Å². The Morgan fingerprint density at radius 2 is 1.83 bits per heavy atom. The van der Waals surface area contributed by atoms with Gasteiger partial charge >= 0.3 is 5.69 Å². The normalized spacial score (nSPS) is 14.4. The van der Waals surface area contributed by atoms with Gasteiger partial charge in [0.1, 0.15) is 6.54 Å². The highest BCUT2D eigenvalue weighted by molar-refractivity contribution is 5.77. The summed E-state index contributed by atoms with van der Waals surface area (Å²) in [5.41, 5.74) is 0.551. The van der Waals surface area contributed by atoms with E-state index in [0.29, 0.717) is 44.0 Å². The van der Waals surface area contributed by atoms with Crippen LogP contribution in [0.3, 0.4) is 0 Å². The van der Waals surface area contributed by atoms with Crippen LogP contribution >= 0.6 is 0 Å². The molecule has 3 heterocycles. The monoisotopic (exact) mass is 397 g/mol. The number of nitrogens with zero attached hydrogens (tertiary/aromatic N) is 5. The molecule has 29 heavy (non-hydrogen) atoms. The zero-order valence-electron chi connectivity index (χ0n) is 16.3. The molecule has 0 aliphatic carbocycles. The molecular weight excluding hydrogens is 374 g/mol. The smallest absolute Gasteiger partial charge is 0.333 e. The maximum atomic E-state index is 13.2. The number of carbonyl (C=O) groups excluding carboxylic acids is 1. The van der Waals surface area contributed by atoms with Gasteiger partial charge in [0.15, 0.2) is 11.2 Å². The van der Waals surface area contributed by atoms with E-state index < -0.39 is 11.2 Å². The zero-order chi connectivity index (χ0) is 20.4. The second-order valence-corrected chi connectivity index (χ2v) is 6.94. The third-order valence-electron chi connectivity index (χ3n) is 5.16. The summed E-state index contributed by atoms with van der Waals surface area (Å²) in [6.45, 7) is 4.24. The number of morpholine rings is 1. The fourth-order valence-corrected chi connectivity index (χ4v) is 3.57. The van der Waals surface area contributed by atoms with Crippen molar-refractivity contribution in [2.45, 2.75) is 26.6 Å². The van der Waals surface area contributed by atoms with Gasteiger partial charge in [-0.2, -0.15) is 0 Å². The van der Waals surface area contributed by atoms with Gasteiger partial charge < -0.3 is 14.2 Å². The fourth-order valence-electron chi connectivity index (χ4n) is 3.57. The summed E-state index contributed by atoms with van der Waals surface area (Å²) in [6.07, 6.45) is 1.56. The Hall–Kier alpha value is -3.20. The molecule has 1 aliphatic rings. The number of imidazole rings is 1. The second-order valence-electron chi connectivity index (χ2n) is 6.94. The van der Waals surface area contributed by atoms with Gasteiger partial charge in [-0.1, -0.05) is 30.3 Å². The van der Waals surface area contributed by atoms with Crippen molar-refractivity contribution in [3.05, 3.63) is 63.1 Å². The summed E-state index contributed by atoms with van der Waals surface area (Å²) in [6, 6.07) is 9.49. The minimum Gasteiger partial charge on any atom is -0.378 e. The van der Waals surface area contributed by atoms with Gasteiger partial charge in [-0.25, -0.2) is 14.3 Å². The van der Waals surface area contributed by atoms with Crippen molar-refractivity contribution in [2.24, 2.45) is 0 Å². The van der Waals surface area contributed by atoms with Crippen molar-refractivity contribution in [1.82, 2.24) is 23.6 Å². The van der Waals surface area contributed by atoms with E-state index in [1.807, 2.05) is 37.3 Å². The first-order valence-corrected chi connectivity index (χ1v) is 9.68. The van der Waals surface area contributed by atoms with Crippen molar-refractivity contribution in [3.8, 4) is 0 Å². The predicted octanol–water partition coefficient (Wildman–Crippen LogP) is 0.287. The number of ether oxygens (including phenoxy) is 1. The first-order chi connectivity index (χ1) is 14.1. The number of rotatable bonds is 5. The SMILES string of the molecule is CCn1cnc2c1c(=O)n(CC(=O)N1CCOCC1)c(=O)n2Cc1ccccc1. The molecular formula is C20H23N5O4. The third-order valence-corrected chi connectivity index (χ3v) is 5.16. The minimum atomic E-state index is -0.533. The Balaban J connectivity index is 1.82. The molecule has 1 amide bonds. The van der Waals surface area contributed by atoms with E-state index in [9.17, 15) is 14.4 Å². The van der Waals surface area contributed by atoms with Crippen LogP contribution in [0.15, 0.2) is 46.2 Å². The molecule has 0 saturated carbocycles. The molecule has 0 atom stereocenters. The standard InChI is InChI=1S/C20H23N5O4/c1-2-22-14-21-18-17(22)19(27)25(13-16(26)23-8-10-29-11-9-23)20(28)24(18)12-15-6-4-3-5-7-15/h3-7,14H,2,8-13H2,1H3. The van der Waals surface area contributed by atoms with Gasteiger partial charge in [-0.15, -0.1) is 0 Å². The maximum absolute atomic E-state index is 13.2. The van der Waals surface area contributed by atoms with E-state index in [1.165, 1.54) is 4.57 Å². The molecule has 1 fully saturated rings. The molecule has 0 radical (unpaired) electrons. The second kappa shape index (κ2) is 8.04. The Morgan fingerprint density at radius 1 is 1.10 bits per heavy atom. The van der Waals surface area contributed by atoms with Crippen LogP contribution in [0.25, 0.3) is 11.2 Å². The summed E-state index contributed by atoms with van der Waals surface area (Å²) < 4.78 is 9.46. The van der Waals surface area contributed by atoms with Crippen LogP contribution in [0.2, 0.25) is 0 Å². The lowest BCUT2D eigenvalue weighted by Crippen LogP contribution is -2.47. The van der Waals surface area contributed by atoms with Gasteiger partial charge in [-0.3, -0.25) is 14.2 Å². The van der Waals surface area contributed by atoms with E-state index in [1.54, 1.807) is 15.8 Å². The minimum absolute atomic E-state index is 0.263. The molecule has 1 aliphatic heterocycles.